The van der Waals surface area contributed by atoms with Gasteiger partial charge in [0.1, 0.15) is 5.69 Å². The number of hydrogen-bond donors (Lipinski definition) is 0. The lowest BCUT2D eigenvalue weighted by Gasteiger charge is -2.23. The van der Waals surface area contributed by atoms with Gasteiger partial charge in [0.25, 0.3) is 5.91 Å². The molecule has 0 aliphatic carbocycles. The number of aromatic nitrogens is 2. The minimum Gasteiger partial charge on any atom is -0.329 e. The summed E-state index contributed by atoms with van der Waals surface area (Å²) < 4.78 is 1.64. The number of aryl methyl sites for hydroxylation is 1. The van der Waals surface area contributed by atoms with Crippen LogP contribution in [0.5, 0.6) is 0 Å². The maximum absolute atomic E-state index is 12.5. The van der Waals surface area contributed by atoms with Gasteiger partial charge in [-0.1, -0.05) is 6.07 Å². The molecule has 1 aliphatic heterocycles. The fraction of sp³-hybridized carbons (Fsp3) is 0.385. The summed E-state index contributed by atoms with van der Waals surface area (Å²) in [5, 5.41) is 6.14. The number of likely N-dealkylation sites (tertiary alicyclic amines) is 1. The van der Waals surface area contributed by atoms with Crippen LogP contribution in [0.3, 0.4) is 0 Å². The van der Waals surface area contributed by atoms with Gasteiger partial charge in [0.05, 0.1) is 6.04 Å². The van der Waals surface area contributed by atoms with E-state index in [2.05, 4.69) is 16.5 Å². The Kier molecular flexibility index (Phi) is 2.91. The van der Waals surface area contributed by atoms with Crippen molar-refractivity contribution >= 4 is 17.2 Å². The highest BCUT2D eigenvalue weighted by Gasteiger charge is 2.32. The van der Waals surface area contributed by atoms with Crippen LogP contribution in [0.25, 0.3) is 0 Å². The minimum atomic E-state index is 0.0888. The highest BCUT2D eigenvalue weighted by Crippen LogP contribution is 2.35. The van der Waals surface area contributed by atoms with E-state index in [1.807, 2.05) is 18.0 Å². The lowest BCUT2D eigenvalue weighted by atomic mass is 10.2. The van der Waals surface area contributed by atoms with Crippen molar-refractivity contribution < 1.29 is 4.79 Å². The molecule has 94 valence electrons. The van der Waals surface area contributed by atoms with Gasteiger partial charge in [-0.15, -0.1) is 11.3 Å². The highest BCUT2D eigenvalue weighted by molar-refractivity contribution is 7.10. The number of thiophene rings is 1. The molecule has 3 heterocycles. The zero-order chi connectivity index (χ0) is 12.5. The van der Waals surface area contributed by atoms with Crippen molar-refractivity contribution in [1.29, 1.82) is 0 Å². The van der Waals surface area contributed by atoms with Crippen LogP contribution >= 0.6 is 11.3 Å². The number of nitrogens with zero attached hydrogens (tertiary/aromatic N) is 3. The first-order chi connectivity index (χ1) is 8.77. The molecule has 0 aromatic carbocycles. The van der Waals surface area contributed by atoms with Crippen molar-refractivity contribution in [2.75, 3.05) is 6.54 Å². The summed E-state index contributed by atoms with van der Waals surface area (Å²) in [6.07, 6.45) is 3.81. The van der Waals surface area contributed by atoms with Gasteiger partial charge >= 0.3 is 0 Å². The Labute approximate surface area is 110 Å². The van der Waals surface area contributed by atoms with Gasteiger partial charge in [0.15, 0.2) is 0 Å². The van der Waals surface area contributed by atoms with E-state index in [1.165, 1.54) is 4.88 Å². The maximum Gasteiger partial charge on any atom is 0.272 e. The first kappa shape index (κ1) is 11.5. The normalized spacial score (nSPS) is 19.4. The van der Waals surface area contributed by atoms with Crippen molar-refractivity contribution in [3.05, 3.63) is 40.3 Å². The molecule has 0 bridgehead atoms. The molecule has 0 saturated carbocycles. The molecule has 18 heavy (non-hydrogen) atoms. The molecule has 1 aliphatic rings. The third kappa shape index (κ3) is 1.84. The molecule has 1 saturated heterocycles. The molecule has 0 unspecified atom stereocenters. The van der Waals surface area contributed by atoms with Gasteiger partial charge in [-0.25, -0.2) is 0 Å². The summed E-state index contributed by atoms with van der Waals surface area (Å²) >= 11 is 1.73. The van der Waals surface area contributed by atoms with E-state index in [0.717, 1.165) is 19.4 Å². The molecule has 2 aromatic rings. The molecule has 0 spiro atoms. The van der Waals surface area contributed by atoms with Crippen LogP contribution < -0.4 is 0 Å². The molecule has 3 rings (SSSR count). The molecule has 0 radical (unpaired) electrons. The topological polar surface area (TPSA) is 38.1 Å². The Bertz CT molecular complexity index is 546. The second-order valence-corrected chi connectivity index (χ2v) is 5.49. The van der Waals surface area contributed by atoms with Crippen LogP contribution in [-0.4, -0.2) is 27.1 Å². The van der Waals surface area contributed by atoms with Crippen molar-refractivity contribution in [3.63, 3.8) is 0 Å². The van der Waals surface area contributed by atoms with Crippen LogP contribution in [0.4, 0.5) is 0 Å². The number of rotatable bonds is 2. The molecule has 4 nitrogen and oxygen atoms in total. The molecule has 0 N–H and O–H groups in total. The molecule has 2 aromatic heterocycles. The van der Waals surface area contributed by atoms with Gasteiger partial charge in [-0.3, -0.25) is 9.48 Å². The monoisotopic (exact) mass is 261 g/mol. The van der Waals surface area contributed by atoms with Crippen molar-refractivity contribution in [2.24, 2.45) is 7.05 Å². The van der Waals surface area contributed by atoms with E-state index in [1.54, 1.807) is 28.3 Å². The number of amides is 1. The number of hydrogen-bond acceptors (Lipinski definition) is 3. The summed E-state index contributed by atoms with van der Waals surface area (Å²) in [5.41, 5.74) is 0.665. The zero-order valence-corrected chi connectivity index (χ0v) is 11.1. The third-order valence-corrected chi connectivity index (χ3v) is 4.40. The Morgan fingerprint density at radius 1 is 1.50 bits per heavy atom. The average molecular weight is 261 g/mol. The van der Waals surface area contributed by atoms with E-state index >= 15 is 0 Å². The van der Waals surface area contributed by atoms with Crippen LogP contribution in [0, 0.1) is 0 Å². The fourth-order valence-electron chi connectivity index (χ4n) is 2.52. The largest absolute Gasteiger partial charge is 0.329 e. The first-order valence-electron chi connectivity index (χ1n) is 6.10. The van der Waals surface area contributed by atoms with E-state index in [4.69, 9.17) is 0 Å². The van der Waals surface area contributed by atoms with Gasteiger partial charge < -0.3 is 4.90 Å². The van der Waals surface area contributed by atoms with Crippen LogP contribution in [0.15, 0.2) is 29.8 Å². The number of carbonyl (C=O) groups excluding carboxylic acids is 1. The average Bonchev–Trinajstić information content (AvgIpc) is 3.09. The van der Waals surface area contributed by atoms with Gasteiger partial charge in [-0.05, 0) is 30.4 Å². The minimum absolute atomic E-state index is 0.0888. The third-order valence-electron chi connectivity index (χ3n) is 3.43. The van der Waals surface area contributed by atoms with Crippen LogP contribution in [0.2, 0.25) is 0 Å². The Morgan fingerprint density at radius 3 is 3.06 bits per heavy atom. The summed E-state index contributed by atoms with van der Waals surface area (Å²) in [7, 11) is 1.81. The summed E-state index contributed by atoms with van der Waals surface area (Å²) in [5.74, 6) is 0.0888. The molecular formula is C13H15N3OS. The molecule has 1 amide bonds. The van der Waals surface area contributed by atoms with Crippen LogP contribution in [0.1, 0.15) is 34.2 Å². The summed E-state index contributed by atoms with van der Waals surface area (Å²) in [6, 6.07) is 6.19. The highest BCUT2D eigenvalue weighted by atomic mass is 32.1. The van der Waals surface area contributed by atoms with E-state index in [0.29, 0.717) is 5.69 Å². The second kappa shape index (κ2) is 4.57. The van der Waals surface area contributed by atoms with Gasteiger partial charge in [0, 0.05) is 24.7 Å². The lowest BCUT2D eigenvalue weighted by Crippen LogP contribution is -2.31. The smallest absolute Gasteiger partial charge is 0.272 e. The Hall–Kier alpha value is -1.62. The summed E-state index contributed by atoms with van der Waals surface area (Å²) in [6.45, 7) is 0.840. The SMILES string of the molecule is Cn1nccc1C(=O)N1CCC[C@H]1c1cccs1. The fourth-order valence-corrected chi connectivity index (χ4v) is 3.39. The Morgan fingerprint density at radius 2 is 2.39 bits per heavy atom. The molecular weight excluding hydrogens is 246 g/mol. The second-order valence-electron chi connectivity index (χ2n) is 4.51. The molecule has 1 atom stereocenters. The Balaban J connectivity index is 1.88. The quantitative estimate of drug-likeness (QED) is 0.833. The summed E-state index contributed by atoms with van der Waals surface area (Å²) in [4.78, 5) is 15.8. The first-order valence-corrected chi connectivity index (χ1v) is 6.97. The molecule has 5 heteroatoms. The molecule has 1 fully saturated rings. The standard InChI is InChI=1S/C13H15N3OS/c1-15-11(6-7-14-15)13(17)16-8-2-4-10(16)12-5-3-9-18-12/h3,5-7,9-10H,2,4,8H2,1H3/t10-/m0/s1. The predicted molar refractivity (Wildman–Crippen MR) is 70.5 cm³/mol. The van der Waals surface area contributed by atoms with Crippen molar-refractivity contribution in [1.82, 2.24) is 14.7 Å². The van der Waals surface area contributed by atoms with Crippen LogP contribution in [-0.2, 0) is 7.05 Å². The lowest BCUT2D eigenvalue weighted by molar-refractivity contribution is 0.0726. The maximum atomic E-state index is 12.5. The van der Waals surface area contributed by atoms with E-state index in [9.17, 15) is 4.79 Å². The van der Waals surface area contributed by atoms with Gasteiger partial charge in [0.2, 0.25) is 0 Å². The predicted octanol–water partition coefficient (Wildman–Crippen LogP) is 2.46. The van der Waals surface area contributed by atoms with E-state index in [-0.39, 0.29) is 11.9 Å². The van der Waals surface area contributed by atoms with Crippen molar-refractivity contribution in [3.8, 4) is 0 Å². The number of carbonyl (C=O) groups is 1. The van der Waals surface area contributed by atoms with Gasteiger partial charge in [-0.2, -0.15) is 5.10 Å². The van der Waals surface area contributed by atoms with Crippen molar-refractivity contribution in [2.45, 2.75) is 18.9 Å². The zero-order valence-electron chi connectivity index (χ0n) is 10.2. The van der Waals surface area contributed by atoms with E-state index < -0.39 is 0 Å².